The van der Waals surface area contributed by atoms with Crippen LogP contribution in [0.25, 0.3) is 0 Å². The maximum atomic E-state index is 12.8. The van der Waals surface area contributed by atoms with Crippen LogP contribution in [0.15, 0.2) is 48.5 Å². The standard InChI is InChI=1S/C18H20F3N3O3S/c1-12(13-7-5-8-15(10-13)18(19,20)21)23-17(25)22-11-14-6-3-4-9-16(14)24-28(2,26)27/h3-10,12,24H,11H2,1-2H3,(H2,22,23,25). The molecule has 6 nitrogen and oxygen atoms in total. The molecule has 2 rings (SSSR count). The first-order valence-corrected chi connectivity index (χ1v) is 10.1. The monoisotopic (exact) mass is 415 g/mol. The van der Waals surface area contributed by atoms with E-state index in [1.807, 2.05) is 0 Å². The second-order valence-electron chi connectivity index (χ2n) is 6.20. The molecule has 0 radical (unpaired) electrons. The lowest BCUT2D eigenvalue weighted by atomic mass is 10.1. The van der Waals surface area contributed by atoms with E-state index in [4.69, 9.17) is 0 Å². The zero-order valence-corrected chi connectivity index (χ0v) is 16.0. The van der Waals surface area contributed by atoms with Crippen molar-refractivity contribution in [1.29, 1.82) is 0 Å². The lowest BCUT2D eigenvalue weighted by molar-refractivity contribution is -0.137. The fourth-order valence-corrected chi connectivity index (χ4v) is 3.06. The number of amides is 2. The number of alkyl halides is 3. The molecule has 0 saturated heterocycles. The first kappa shape index (κ1) is 21.5. The highest BCUT2D eigenvalue weighted by Gasteiger charge is 2.30. The van der Waals surface area contributed by atoms with Gasteiger partial charge < -0.3 is 10.6 Å². The van der Waals surface area contributed by atoms with Crippen LogP contribution in [0.5, 0.6) is 0 Å². The molecule has 0 bridgehead atoms. The van der Waals surface area contributed by atoms with Gasteiger partial charge >= 0.3 is 12.2 Å². The third-order valence-electron chi connectivity index (χ3n) is 3.81. The van der Waals surface area contributed by atoms with Crippen LogP contribution in [0.2, 0.25) is 0 Å². The average Bonchev–Trinajstić information content (AvgIpc) is 2.59. The van der Waals surface area contributed by atoms with E-state index >= 15 is 0 Å². The van der Waals surface area contributed by atoms with Crippen molar-refractivity contribution in [3.05, 3.63) is 65.2 Å². The molecular weight excluding hydrogens is 395 g/mol. The summed E-state index contributed by atoms with van der Waals surface area (Å²) in [7, 11) is -3.48. The number of hydrogen-bond donors (Lipinski definition) is 3. The fourth-order valence-electron chi connectivity index (χ4n) is 2.46. The van der Waals surface area contributed by atoms with Gasteiger partial charge in [0.25, 0.3) is 0 Å². The summed E-state index contributed by atoms with van der Waals surface area (Å²) in [6.45, 7) is 1.59. The molecule has 2 amide bonds. The number of benzene rings is 2. The second kappa shape index (κ2) is 8.51. The molecule has 10 heteroatoms. The van der Waals surface area contributed by atoms with Gasteiger partial charge in [0, 0.05) is 6.54 Å². The molecule has 2 aromatic rings. The third-order valence-corrected chi connectivity index (χ3v) is 4.40. The van der Waals surface area contributed by atoms with Crippen LogP contribution in [-0.2, 0) is 22.7 Å². The molecule has 28 heavy (non-hydrogen) atoms. The van der Waals surface area contributed by atoms with E-state index in [9.17, 15) is 26.4 Å². The summed E-state index contributed by atoms with van der Waals surface area (Å²) < 4.78 is 63.6. The van der Waals surface area contributed by atoms with Gasteiger partial charge in [-0.1, -0.05) is 30.3 Å². The van der Waals surface area contributed by atoms with Crippen LogP contribution in [0, 0.1) is 0 Å². The number of anilines is 1. The van der Waals surface area contributed by atoms with Crippen molar-refractivity contribution < 1.29 is 26.4 Å². The number of para-hydroxylation sites is 1. The number of urea groups is 1. The minimum atomic E-state index is -4.46. The fraction of sp³-hybridized carbons (Fsp3) is 0.278. The first-order valence-electron chi connectivity index (χ1n) is 8.23. The number of halogens is 3. The molecule has 0 aromatic heterocycles. The molecule has 0 heterocycles. The van der Waals surface area contributed by atoms with Crippen molar-refractivity contribution in [2.24, 2.45) is 0 Å². The predicted octanol–water partition coefficient (Wildman–Crippen LogP) is 3.64. The Labute approximate surface area is 161 Å². The highest BCUT2D eigenvalue weighted by molar-refractivity contribution is 7.92. The smallest absolute Gasteiger partial charge is 0.334 e. The minimum Gasteiger partial charge on any atom is -0.334 e. The molecular formula is C18H20F3N3O3S. The van der Waals surface area contributed by atoms with Crippen molar-refractivity contribution in [3.8, 4) is 0 Å². The van der Waals surface area contributed by atoms with Gasteiger partial charge in [-0.25, -0.2) is 13.2 Å². The summed E-state index contributed by atoms with van der Waals surface area (Å²) in [5.41, 5.74) is 0.384. The van der Waals surface area contributed by atoms with E-state index < -0.39 is 33.8 Å². The first-order chi connectivity index (χ1) is 13.0. The Morgan fingerprint density at radius 1 is 1.11 bits per heavy atom. The number of rotatable bonds is 6. The van der Waals surface area contributed by atoms with E-state index in [0.29, 0.717) is 16.8 Å². The molecule has 0 aliphatic carbocycles. The largest absolute Gasteiger partial charge is 0.416 e. The van der Waals surface area contributed by atoms with Crippen molar-refractivity contribution >= 4 is 21.7 Å². The van der Waals surface area contributed by atoms with Crippen LogP contribution >= 0.6 is 0 Å². The topological polar surface area (TPSA) is 87.3 Å². The third kappa shape index (κ3) is 6.45. The predicted molar refractivity (Wildman–Crippen MR) is 100 cm³/mol. The van der Waals surface area contributed by atoms with Gasteiger partial charge in [-0.3, -0.25) is 4.72 Å². The van der Waals surface area contributed by atoms with Gasteiger partial charge in [-0.2, -0.15) is 13.2 Å². The molecule has 3 N–H and O–H groups in total. The van der Waals surface area contributed by atoms with E-state index in [2.05, 4.69) is 15.4 Å². The number of sulfonamides is 1. The number of carbonyl (C=O) groups is 1. The maximum Gasteiger partial charge on any atom is 0.416 e. The molecule has 0 saturated carbocycles. The van der Waals surface area contributed by atoms with Gasteiger partial charge in [-0.05, 0) is 36.2 Å². The average molecular weight is 415 g/mol. The summed E-state index contributed by atoms with van der Waals surface area (Å²) in [4.78, 5) is 12.1. The lowest BCUT2D eigenvalue weighted by Crippen LogP contribution is -2.36. The van der Waals surface area contributed by atoms with E-state index in [0.717, 1.165) is 18.4 Å². The van der Waals surface area contributed by atoms with E-state index in [1.54, 1.807) is 31.2 Å². The Bertz CT molecular complexity index is 946. The molecule has 1 atom stereocenters. The summed E-state index contributed by atoms with van der Waals surface area (Å²) in [6.07, 6.45) is -3.45. The normalized spacial score (nSPS) is 12.9. The van der Waals surface area contributed by atoms with Crippen molar-refractivity contribution in [2.75, 3.05) is 11.0 Å². The molecule has 2 aromatic carbocycles. The summed E-state index contributed by atoms with van der Waals surface area (Å²) >= 11 is 0. The summed E-state index contributed by atoms with van der Waals surface area (Å²) in [5, 5.41) is 5.12. The Morgan fingerprint density at radius 2 is 1.79 bits per heavy atom. The maximum absolute atomic E-state index is 12.8. The number of carbonyl (C=O) groups excluding carboxylic acids is 1. The zero-order chi connectivity index (χ0) is 20.9. The van der Waals surface area contributed by atoms with Gasteiger partial charge in [0.15, 0.2) is 0 Å². The van der Waals surface area contributed by atoms with Crippen LogP contribution in [0.4, 0.5) is 23.7 Å². The van der Waals surface area contributed by atoms with Gasteiger partial charge in [-0.15, -0.1) is 0 Å². The minimum absolute atomic E-state index is 0.0276. The van der Waals surface area contributed by atoms with Gasteiger partial charge in [0.1, 0.15) is 0 Å². The Kier molecular flexibility index (Phi) is 6.55. The Balaban J connectivity index is 2.00. The Morgan fingerprint density at radius 3 is 2.43 bits per heavy atom. The van der Waals surface area contributed by atoms with Gasteiger partial charge in [0.2, 0.25) is 10.0 Å². The molecule has 0 fully saturated rings. The highest BCUT2D eigenvalue weighted by Crippen LogP contribution is 2.30. The molecule has 1 unspecified atom stereocenters. The quantitative estimate of drug-likeness (QED) is 0.673. The second-order valence-corrected chi connectivity index (χ2v) is 7.95. The van der Waals surface area contributed by atoms with Gasteiger partial charge in [0.05, 0.1) is 23.5 Å². The molecule has 0 aliphatic heterocycles. The van der Waals surface area contributed by atoms with Crippen molar-refractivity contribution in [2.45, 2.75) is 25.7 Å². The van der Waals surface area contributed by atoms with Crippen LogP contribution in [0.1, 0.15) is 29.7 Å². The summed E-state index contributed by atoms with van der Waals surface area (Å²) in [6, 6.07) is 9.99. The Hall–Kier alpha value is -2.75. The van der Waals surface area contributed by atoms with E-state index in [-0.39, 0.29) is 6.54 Å². The highest BCUT2D eigenvalue weighted by atomic mass is 32.2. The van der Waals surface area contributed by atoms with Crippen LogP contribution in [-0.4, -0.2) is 20.7 Å². The van der Waals surface area contributed by atoms with Crippen molar-refractivity contribution in [1.82, 2.24) is 10.6 Å². The lowest BCUT2D eigenvalue weighted by Gasteiger charge is -2.17. The molecule has 0 aliphatic rings. The van der Waals surface area contributed by atoms with E-state index in [1.165, 1.54) is 12.1 Å². The SMILES string of the molecule is CC(NC(=O)NCc1ccccc1NS(C)(=O)=O)c1cccc(C(F)(F)F)c1. The van der Waals surface area contributed by atoms with Crippen LogP contribution in [0.3, 0.4) is 0 Å². The van der Waals surface area contributed by atoms with Crippen molar-refractivity contribution in [3.63, 3.8) is 0 Å². The summed E-state index contributed by atoms with van der Waals surface area (Å²) in [5.74, 6) is 0. The number of hydrogen-bond acceptors (Lipinski definition) is 3. The molecule has 152 valence electrons. The van der Waals surface area contributed by atoms with Crippen LogP contribution < -0.4 is 15.4 Å². The molecule has 0 spiro atoms. The zero-order valence-electron chi connectivity index (χ0n) is 15.2. The number of nitrogens with one attached hydrogen (secondary N) is 3.